The summed E-state index contributed by atoms with van der Waals surface area (Å²) >= 11 is 0. The Morgan fingerprint density at radius 2 is 1.95 bits per heavy atom. The van der Waals surface area contributed by atoms with Gasteiger partial charge >= 0.3 is 0 Å². The fourth-order valence-electron chi connectivity index (χ4n) is 1.81. The SMILES string of the molecule is COc1ccc(COCc2cc(CNC(C)C)no2)cc1. The van der Waals surface area contributed by atoms with Gasteiger partial charge in [0.25, 0.3) is 0 Å². The van der Waals surface area contributed by atoms with Gasteiger partial charge < -0.3 is 19.3 Å². The van der Waals surface area contributed by atoms with Crippen molar-refractivity contribution in [1.82, 2.24) is 10.5 Å². The summed E-state index contributed by atoms with van der Waals surface area (Å²) in [7, 11) is 1.65. The normalized spacial score (nSPS) is 11.0. The lowest BCUT2D eigenvalue weighted by molar-refractivity contribution is 0.0883. The Hall–Kier alpha value is -1.85. The maximum atomic E-state index is 5.62. The second-order valence-corrected chi connectivity index (χ2v) is 5.16. The summed E-state index contributed by atoms with van der Waals surface area (Å²) in [5.74, 6) is 1.58. The van der Waals surface area contributed by atoms with Crippen LogP contribution in [0.5, 0.6) is 5.75 Å². The van der Waals surface area contributed by atoms with Crippen LogP contribution >= 0.6 is 0 Å². The molecule has 21 heavy (non-hydrogen) atoms. The van der Waals surface area contributed by atoms with E-state index in [4.69, 9.17) is 14.0 Å². The van der Waals surface area contributed by atoms with Crippen LogP contribution in [-0.4, -0.2) is 18.3 Å². The molecule has 0 spiro atoms. The van der Waals surface area contributed by atoms with E-state index >= 15 is 0 Å². The van der Waals surface area contributed by atoms with Gasteiger partial charge in [-0.2, -0.15) is 0 Å². The highest BCUT2D eigenvalue weighted by Gasteiger charge is 2.05. The average Bonchev–Trinajstić information content (AvgIpc) is 2.94. The fraction of sp³-hybridized carbons (Fsp3) is 0.438. The van der Waals surface area contributed by atoms with Gasteiger partial charge in [-0.1, -0.05) is 31.1 Å². The molecule has 0 aliphatic carbocycles. The van der Waals surface area contributed by atoms with Gasteiger partial charge in [-0.15, -0.1) is 0 Å². The van der Waals surface area contributed by atoms with Gasteiger partial charge in [-0.05, 0) is 17.7 Å². The minimum absolute atomic E-state index is 0.417. The van der Waals surface area contributed by atoms with Gasteiger partial charge in [-0.3, -0.25) is 0 Å². The van der Waals surface area contributed by atoms with Crippen LogP contribution in [0.1, 0.15) is 30.9 Å². The number of aromatic nitrogens is 1. The molecule has 0 saturated heterocycles. The molecule has 0 saturated carbocycles. The minimum Gasteiger partial charge on any atom is -0.497 e. The van der Waals surface area contributed by atoms with Gasteiger partial charge in [0.15, 0.2) is 5.76 Å². The topological polar surface area (TPSA) is 56.5 Å². The highest BCUT2D eigenvalue weighted by molar-refractivity contribution is 5.26. The highest BCUT2D eigenvalue weighted by Crippen LogP contribution is 2.13. The third kappa shape index (κ3) is 5.21. The second-order valence-electron chi connectivity index (χ2n) is 5.16. The van der Waals surface area contributed by atoms with Crippen LogP contribution in [-0.2, 0) is 24.5 Å². The quantitative estimate of drug-likeness (QED) is 0.810. The van der Waals surface area contributed by atoms with Crippen molar-refractivity contribution in [3.05, 3.63) is 47.3 Å². The summed E-state index contributed by atoms with van der Waals surface area (Å²) in [6.45, 7) is 5.85. The highest BCUT2D eigenvalue weighted by atomic mass is 16.5. The number of nitrogens with one attached hydrogen (secondary N) is 1. The molecule has 0 atom stereocenters. The molecule has 0 unspecified atom stereocenters. The Kier molecular flexibility index (Phi) is 5.78. The minimum atomic E-state index is 0.417. The van der Waals surface area contributed by atoms with Crippen LogP contribution in [0.15, 0.2) is 34.9 Å². The number of hydrogen-bond donors (Lipinski definition) is 1. The molecular formula is C16H22N2O3. The number of rotatable bonds is 8. The first-order valence-electron chi connectivity index (χ1n) is 7.06. The van der Waals surface area contributed by atoms with Crippen LogP contribution in [0.25, 0.3) is 0 Å². The fourth-order valence-corrected chi connectivity index (χ4v) is 1.81. The van der Waals surface area contributed by atoms with Gasteiger partial charge in [0.05, 0.1) is 19.4 Å². The Morgan fingerprint density at radius 1 is 1.19 bits per heavy atom. The van der Waals surface area contributed by atoms with E-state index in [1.54, 1.807) is 7.11 Å². The Morgan fingerprint density at radius 3 is 2.62 bits per heavy atom. The van der Waals surface area contributed by atoms with Crippen LogP contribution in [0.2, 0.25) is 0 Å². The summed E-state index contributed by atoms with van der Waals surface area (Å²) in [5.41, 5.74) is 1.99. The zero-order chi connectivity index (χ0) is 15.1. The second kappa shape index (κ2) is 7.81. The molecule has 0 fully saturated rings. The van der Waals surface area contributed by atoms with Crippen molar-refractivity contribution in [2.45, 2.75) is 39.6 Å². The first kappa shape index (κ1) is 15.5. The molecule has 0 bridgehead atoms. The molecule has 0 aliphatic heterocycles. The lowest BCUT2D eigenvalue weighted by Crippen LogP contribution is -2.21. The van der Waals surface area contributed by atoms with Crippen LogP contribution < -0.4 is 10.1 Å². The van der Waals surface area contributed by atoms with Gasteiger partial charge in [0.1, 0.15) is 12.4 Å². The Bertz CT molecular complexity index is 535. The van der Waals surface area contributed by atoms with Crippen LogP contribution in [0.4, 0.5) is 0 Å². The molecule has 2 aromatic rings. The molecule has 0 radical (unpaired) electrons. The number of benzene rings is 1. The average molecular weight is 290 g/mol. The van der Waals surface area contributed by atoms with Crippen LogP contribution in [0.3, 0.4) is 0 Å². The van der Waals surface area contributed by atoms with E-state index in [1.165, 1.54) is 0 Å². The summed E-state index contributed by atoms with van der Waals surface area (Å²) in [5, 5.41) is 7.30. The van der Waals surface area contributed by atoms with Crippen molar-refractivity contribution in [2.75, 3.05) is 7.11 Å². The molecule has 5 heteroatoms. The molecule has 1 N–H and O–H groups in total. The number of ether oxygens (including phenoxy) is 2. The zero-order valence-corrected chi connectivity index (χ0v) is 12.8. The number of hydrogen-bond acceptors (Lipinski definition) is 5. The predicted octanol–water partition coefficient (Wildman–Crippen LogP) is 2.90. The summed E-state index contributed by atoms with van der Waals surface area (Å²) < 4.78 is 16.0. The number of nitrogens with zero attached hydrogens (tertiary/aromatic N) is 1. The first-order valence-corrected chi connectivity index (χ1v) is 7.06. The molecule has 1 aromatic carbocycles. The van der Waals surface area contributed by atoms with Crippen LogP contribution in [0, 0.1) is 0 Å². The predicted molar refractivity (Wildman–Crippen MR) is 80.0 cm³/mol. The largest absolute Gasteiger partial charge is 0.497 e. The molecule has 2 rings (SSSR count). The van der Waals surface area contributed by atoms with Gasteiger partial charge in [0.2, 0.25) is 0 Å². The lowest BCUT2D eigenvalue weighted by atomic mass is 10.2. The Balaban J connectivity index is 1.75. The lowest BCUT2D eigenvalue weighted by Gasteiger charge is -2.04. The molecule has 1 aromatic heterocycles. The molecule has 114 valence electrons. The third-order valence-corrected chi connectivity index (χ3v) is 2.97. The van der Waals surface area contributed by atoms with Crippen molar-refractivity contribution in [1.29, 1.82) is 0 Å². The molecule has 5 nitrogen and oxygen atoms in total. The maximum absolute atomic E-state index is 5.62. The monoisotopic (exact) mass is 290 g/mol. The van der Waals surface area contributed by atoms with Crippen molar-refractivity contribution >= 4 is 0 Å². The summed E-state index contributed by atoms with van der Waals surface area (Å²) in [6.07, 6.45) is 0. The smallest absolute Gasteiger partial charge is 0.162 e. The van der Waals surface area contributed by atoms with E-state index in [0.717, 1.165) is 22.8 Å². The standard InChI is InChI=1S/C16H22N2O3/c1-12(2)17-9-14-8-16(21-18-14)11-20-10-13-4-6-15(19-3)7-5-13/h4-8,12,17H,9-11H2,1-3H3. The zero-order valence-electron chi connectivity index (χ0n) is 12.8. The van der Waals surface area contributed by atoms with Crippen molar-refractivity contribution < 1.29 is 14.0 Å². The van der Waals surface area contributed by atoms with Gasteiger partial charge in [-0.25, -0.2) is 0 Å². The summed E-state index contributed by atoms with van der Waals surface area (Å²) in [4.78, 5) is 0. The molecule has 0 amide bonds. The van der Waals surface area contributed by atoms with Gasteiger partial charge in [0, 0.05) is 18.7 Å². The first-order chi connectivity index (χ1) is 10.2. The molecule has 0 aliphatic rings. The van der Waals surface area contributed by atoms with Crippen molar-refractivity contribution in [3.8, 4) is 5.75 Å². The van der Waals surface area contributed by atoms with E-state index in [2.05, 4.69) is 24.3 Å². The van der Waals surface area contributed by atoms with E-state index < -0.39 is 0 Å². The Labute approximate surface area is 125 Å². The van der Waals surface area contributed by atoms with E-state index in [9.17, 15) is 0 Å². The van der Waals surface area contributed by atoms with Crippen molar-refractivity contribution in [3.63, 3.8) is 0 Å². The van der Waals surface area contributed by atoms with E-state index in [1.807, 2.05) is 30.3 Å². The summed E-state index contributed by atoms with van der Waals surface area (Å²) in [6, 6.07) is 10.2. The van der Waals surface area contributed by atoms with E-state index in [0.29, 0.717) is 25.8 Å². The molecular weight excluding hydrogens is 268 g/mol. The molecule has 1 heterocycles. The van der Waals surface area contributed by atoms with Crippen molar-refractivity contribution in [2.24, 2.45) is 0 Å². The maximum Gasteiger partial charge on any atom is 0.162 e. The number of methoxy groups -OCH3 is 1. The van der Waals surface area contributed by atoms with E-state index in [-0.39, 0.29) is 0 Å². The third-order valence-electron chi connectivity index (χ3n) is 2.97.